The molecule has 2 aromatic rings. The van der Waals surface area contributed by atoms with E-state index in [-0.39, 0.29) is 24.5 Å². The Kier molecular flexibility index (Phi) is 6.47. The number of hydrogen-bond donors (Lipinski definition) is 2. The number of alkyl halides is 3. The van der Waals surface area contributed by atoms with E-state index in [9.17, 15) is 23.1 Å². The first-order valence-corrected chi connectivity index (χ1v) is 9.66. The van der Waals surface area contributed by atoms with E-state index >= 15 is 0 Å². The lowest BCUT2D eigenvalue weighted by molar-refractivity contribution is -0.140. The molecular formula is C22H24F3NO3. The normalized spacial score (nSPS) is 14.9. The van der Waals surface area contributed by atoms with Gasteiger partial charge in [-0.1, -0.05) is 49.9 Å². The van der Waals surface area contributed by atoms with E-state index < -0.39 is 29.0 Å². The van der Waals surface area contributed by atoms with Crippen LogP contribution in [0.15, 0.2) is 36.4 Å². The maximum Gasteiger partial charge on any atom is 0.423 e. The molecule has 0 aliphatic heterocycles. The number of ether oxygens (including phenoxy) is 1. The maximum absolute atomic E-state index is 13.6. The molecule has 0 bridgehead atoms. The van der Waals surface area contributed by atoms with Gasteiger partial charge in [0.15, 0.2) is 5.78 Å². The van der Waals surface area contributed by atoms with Crippen LogP contribution in [0.5, 0.6) is 11.5 Å². The number of carbonyl (C=O) groups excluding carboxylic acids is 1. The zero-order valence-electron chi connectivity index (χ0n) is 16.0. The first kappa shape index (κ1) is 21.2. The third-order valence-electron chi connectivity index (χ3n) is 5.33. The molecule has 1 fully saturated rings. The number of halogens is 3. The fourth-order valence-corrected chi connectivity index (χ4v) is 3.71. The van der Waals surface area contributed by atoms with Crippen molar-refractivity contribution in [3.8, 4) is 11.5 Å². The van der Waals surface area contributed by atoms with Gasteiger partial charge in [-0.3, -0.25) is 4.79 Å². The summed E-state index contributed by atoms with van der Waals surface area (Å²) in [5, 5.41) is 10.3. The molecule has 7 heteroatoms. The first-order valence-electron chi connectivity index (χ1n) is 9.66. The average Bonchev–Trinajstić information content (AvgIpc) is 3.18. The van der Waals surface area contributed by atoms with Gasteiger partial charge in [0.2, 0.25) is 0 Å². The molecule has 0 heterocycles. The second kappa shape index (κ2) is 8.86. The lowest BCUT2D eigenvalue weighted by Crippen LogP contribution is -2.13. The molecule has 0 unspecified atom stereocenters. The summed E-state index contributed by atoms with van der Waals surface area (Å²) >= 11 is 0. The highest BCUT2D eigenvalue weighted by Crippen LogP contribution is 2.44. The number of Topliss-reactive ketones (excluding diaryl/α,β-unsaturated/α-hetero) is 1. The molecule has 3 N–H and O–H groups in total. The van der Waals surface area contributed by atoms with Gasteiger partial charge in [0.1, 0.15) is 23.7 Å². The van der Waals surface area contributed by atoms with Crippen molar-refractivity contribution in [1.29, 1.82) is 0 Å². The molecule has 156 valence electrons. The van der Waals surface area contributed by atoms with Crippen molar-refractivity contribution in [2.24, 2.45) is 11.7 Å². The van der Waals surface area contributed by atoms with Crippen LogP contribution in [0.25, 0.3) is 0 Å². The number of phenolic OH excluding ortho intramolecular Hbond substituents is 1. The molecule has 0 saturated heterocycles. The van der Waals surface area contributed by atoms with Gasteiger partial charge >= 0.3 is 6.18 Å². The minimum absolute atomic E-state index is 0.108. The van der Waals surface area contributed by atoms with E-state index in [4.69, 9.17) is 10.5 Å². The van der Waals surface area contributed by atoms with E-state index in [0.717, 1.165) is 37.3 Å². The largest absolute Gasteiger partial charge is 0.506 e. The Morgan fingerprint density at radius 2 is 1.69 bits per heavy atom. The van der Waals surface area contributed by atoms with Gasteiger partial charge < -0.3 is 15.6 Å². The molecule has 1 aliphatic rings. The topological polar surface area (TPSA) is 72.5 Å². The van der Waals surface area contributed by atoms with Crippen LogP contribution in [0.3, 0.4) is 0 Å². The SMILES string of the molecule is NCc1ccc(COc2ccc(C(=O)CC3CCCC3)c(O)c2C(F)(F)F)cc1. The minimum atomic E-state index is -4.85. The lowest BCUT2D eigenvalue weighted by Gasteiger charge is -2.18. The predicted molar refractivity (Wildman–Crippen MR) is 103 cm³/mol. The third-order valence-corrected chi connectivity index (χ3v) is 5.33. The highest BCUT2D eigenvalue weighted by Gasteiger charge is 2.40. The Balaban J connectivity index is 1.82. The van der Waals surface area contributed by atoms with Gasteiger partial charge in [-0.25, -0.2) is 0 Å². The van der Waals surface area contributed by atoms with Crippen LogP contribution in [0.1, 0.15) is 59.2 Å². The summed E-state index contributed by atoms with van der Waals surface area (Å²) < 4.78 is 46.2. The number of phenols is 1. The average molecular weight is 407 g/mol. The van der Waals surface area contributed by atoms with E-state index in [1.165, 1.54) is 6.07 Å². The van der Waals surface area contributed by atoms with Gasteiger partial charge in [0.25, 0.3) is 0 Å². The maximum atomic E-state index is 13.6. The van der Waals surface area contributed by atoms with Crippen LogP contribution in [0, 0.1) is 5.92 Å². The van der Waals surface area contributed by atoms with E-state index in [1.807, 2.05) is 0 Å². The van der Waals surface area contributed by atoms with Crippen molar-refractivity contribution in [2.75, 3.05) is 0 Å². The van der Waals surface area contributed by atoms with Crippen molar-refractivity contribution >= 4 is 5.78 Å². The molecule has 0 amide bonds. The fourth-order valence-electron chi connectivity index (χ4n) is 3.71. The molecule has 3 rings (SSSR count). The summed E-state index contributed by atoms with van der Waals surface area (Å²) in [5.74, 6) is -1.86. The van der Waals surface area contributed by atoms with Gasteiger partial charge in [-0.2, -0.15) is 13.2 Å². The molecule has 1 saturated carbocycles. The Morgan fingerprint density at radius 3 is 2.28 bits per heavy atom. The zero-order valence-corrected chi connectivity index (χ0v) is 16.0. The lowest BCUT2D eigenvalue weighted by atomic mass is 9.95. The Morgan fingerprint density at radius 1 is 1.07 bits per heavy atom. The molecule has 4 nitrogen and oxygen atoms in total. The van der Waals surface area contributed by atoms with Gasteiger partial charge in [-0.15, -0.1) is 0 Å². The van der Waals surface area contributed by atoms with Crippen molar-refractivity contribution < 1.29 is 27.8 Å². The summed E-state index contributed by atoms with van der Waals surface area (Å²) in [5.41, 5.74) is 5.47. The molecule has 0 atom stereocenters. The Bertz CT molecular complexity index is 857. The summed E-state index contributed by atoms with van der Waals surface area (Å²) in [6.07, 6.45) is -0.871. The number of aromatic hydroxyl groups is 1. The number of hydrogen-bond acceptors (Lipinski definition) is 4. The van der Waals surface area contributed by atoms with Crippen LogP contribution >= 0.6 is 0 Å². The smallest absolute Gasteiger partial charge is 0.423 e. The summed E-state index contributed by atoms with van der Waals surface area (Å²) in [4.78, 5) is 12.5. The van der Waals surface area contributed by atoms with Crippen molar-refractivity contribution in [1.82, 2.24) is 0 Å². The molecule has 2 aromatic carbocycles. The first-order chi connectivity index (χ1) is 13.8. The molecule has 1 aliphatic carbocycles. The zero-order chi connectivity index (χ0) is 21.0. The van der Waals surface area contributed by atoms with Gasteiger partial charge in [0, 0.05) is 13.0 Å². The number of carbonyl (C=O) groups is 1. The summed E-state index contributed by atoms with van der Waals surface area (Å²) in [6, 6.07) is 9.30. The third kappa shape index (κ3) is 5.09. The van der Waals surface area contributed by atoms with Crippen LogP contribution < -0.4 is 10.5 Å². The molecule has 0 radical (unpaired) electrons. The molecule has 0 aromatic heterocycles. The number of nitrogens with two attached hydrogens (primary N) is 1. The second-order valence-corrected chi connectivity index (χ2v) is 7.42. The van der Waals surface area contributed by atoms with Crippen molar-refractivity contribution in [3.05, 3.63) is 58.7 Å². The van der Waals surface area contributed by atoms with Crippen molar-refractivity contribution in [2.45, 2.75) is 51.4 Å². The van der Waals surface area contributed by atoms with Gasteiger partial charge in [-0.05, 0) is 29.2 Å². The standard InChI is InChI=1S/C22H24F3NO3/c23-22(24,25)20-19(29-13-16-7-5-15(12-26)6-8-16)10-9-17(21(20)28)18(27)11-14-3-1-2-4-14/h5-10,14,28H,1-4,11-13,26H2. The quantitative estimate of drug-likeness (QED) is 0.618. The molecule has 0 spiro atoms. The number of benzene rings is 2. The highest BCUT2D eigenvalue weighted by atomic mass is 19.4. The van der Waals surface area contributed by atoms with E-state index in [2.05, 4.69) is 0 Å². The van der Waals surface area contributed by atoms with Crippen molar-refractivity contribution in [3.63, 3.8) is 0 Å². The van der Waals surface area contributed by atoms with Crippen LogP contribution in [-0.4, -0.2) is 10.9 Å². The van der Waals surface area contributed by atoms with Crippen LogP contribution in [0.4, 0.5) is 13.2 Å². The van der Waals surface area contributed by atoms with Crippen LogP contribution in [0.2, 0.25) is 0 Å². The monoisotopic (exact) mass is 407 g/mol. The van der Waals surface area contributed by atoms with Crippen LogP contribution in [-0.2, 0) is 19.3 Å². The molecular weight excluding hydrogens is 383 g/mol. The van der Waals surface area contributed by atoms with Gasteiger partial charge in [0.05, 0.1) is 5.56 Å². The minimum Gasteiger partial charge on any atom is -0.506 e. The molecule has 29 heavy (non-hydrogen) atoms. The second-order valence-electron chi connectivity index (χ2n) is 7.42. The Hall–Kier alpha value is -2.54. The van der Waals surface area contributed by atoms with E-state index in [1.54, 1.807) is 24.3 Å². The van der Waals surface area contributed by atoms with E-state index in [0.29, 0.717) is 12.1 Å². The fraction of sp³-hybridized carbons (Fsp3) is 0.409. The summed E-state index contributed by atoms with van der Waals surface area (Å²) in [7, 11) is 0. The predicted octanol–water partition coefficient (Wildman–Crippen LogP) is 5.21. The Labute approximate surface area is 167 Å². The summed E-state index contributed by atoms with van der Waals surface area (Å²) in [6.45, 7) is 0.256. The highest BCUT2D eigenvalue weighted by molar-refractivity contribution is 5.99. The number of ketones is 1. The number of rotatable bonds is 7.